The van der Waals surface area contributed by atoms with Gasteiger partial charge in [0, 0.05) is 24.2 Å². The van der Waals surface area contributed by atoms with E-state index < -0.39 is 13.1 Å². The lowest BCUT2D eigenvalue weighted by Gasteiger charge is -2.30. The highest BCUT2D eigenvalue weighted by Crippen LogP contribution is 2.33. The van der Waals surface area contributed by atoms with Crippen molar-refractivity contribution in [3.05, 3.63) is 70.8 Å². The Bertz CT molecular complexity index is 885. The first-order chi connectivity index (χ1) is 13.0. The van der Waals surface area contributed by atoms with Crippen molar-refractivity contribution in [2.45, 2.75) is 32.4 Å². The maximum Gasteiger partial charge on any atom is 0.547 e. The largest absolute Gasteiger partial charge is 0.547 e. The normalized spacial score (nSPS) is 15.7. The third-order valence-corrected chi connectivity index (χ3v) is 4.84. The van der Waals surface area contributed by atoms with E-state index >= 15 is 0 Å². The molecule has 0 aromatic heterocycles. The van der Waals surface area contributed by atoms with Crippen LogP contribution in [0.3, 0.4) is 0 Å². The van der Waals surface area contributed by atoms with Crippen LogP contribution >= 0.6 is 0 Å². The number of rotatable bonds is 5. The zero-order chi connectivity index (χ0) is 19.6. The number of nitrogens with two attached hydrogens (primary N) is 2. The van der Waals surface area contributed by atoms with Crippen LogP contribution in [0.5, 0.6) is 5.75 Å². The number of allylic oxidation sites excluding steroid dienone is 1. The van der Waals surface area contributed by atoms with Gasteiger partial charge < -0.3 is 26.5 Å². The molecular formula is C20H24BN3O3. The minimum Gasteiger partial charge on any atom is -0.534 e. The highest BCUT2D eigenvalue weighted by Gasteiger charge is 2.37. The summed E-state index contributed by atoms with van der Waals surface area (Å²) >= 11 is 0. The van der Waals surface area contributed by atoms with Crippen molar-refractivity contribution in [2.24, 2.45) is 11.5 Å². The monoisotopic (exact) mass is 365 g/mol. The molecular weight excluding hydrogens is 341 g/mol. The average Bonchev–Trinajstić information content (AvgIpc) is 2.67. The number of benzene rings is 2. The number of carbonyl (C=O) groups excluding carboxylic acids is 1. The van der Waals surface area contributed by atoms with Gasteiger partial charge in [0.25, 0.3) is 5.91 Å². The maximum absolute atomic E-state index is 12.8. The van der Waals surface area contributed by atoms with Crippen LogP contribution in [0.2, 0.25) is 0 Å². The van der Waals surface area contributed by atoms with Crippen molar-refractivity contribution in [2.75, 3.05) is 0 Å². The van der Waals surface area contributed by atoms with Crippen molar-refractivity contribution in [3.8, 4) is 5.75 Å². The number of carbonyl (C=O) groups is 1. The number of amides is 1. The molecule has 6 nitrogen and oxygen atoms in total. The van der Waals surface area contributed by atoms with E-state index in [1.165, 1.54) is 0 Å². The van der Waals surface area contributed by atoms with Crippen LogP contribution in [-0.2, 0) is 19.5 Å². The van der Waals surface area contributed by atoms with Gasteiger partial charge in [0.1, 0.15) is 5.75 Å². The molecule has 1 aliphatic heterocycles. The van der Waals surface area contributed by atoms with Crippen molar-refractivity contribution in [3.63, 3.8) is 0 Å². The Balaban J connectivity index is 1.84. The second-order valence-corrected chi connectivity index (χ2v) is 6.72. The fourth-order valence-electron chi connectivity index (χ4n) is 3.41. The number of para-hydroxylation sites is 1. The lowest BCUT2D eigenvalue weighted by Crippen LogP contribution is -2.53. The number of nitrogens with one attached hydrogen (secondary N) is 1. The Morgan fingerprint density at radius 3 is 2.63 bits per heavy atom. The Morgan fingerprint density at radius 1 is 1.26 bits per heavy atom. The van der Waals surface area contributed by atoms with Crippen LogP contribution in [0, 0.1) is 0 Å². The fourth-order valence-corrected chi connectivity index (χ4v) is 3.41. The second kappa shape index (κ2) is 7.96. The second-order valence-electron chi connectivity index (χ2n) is 6.72. The molecule has 1 aliphatic rings. The maximum atomic E-state index is 12.8. The van der Waals surface area contributed by atoms with Gasteiger partial charge in [0.05, 0.1) is 5.94 Å². The standard InChI is InChI=1S/C20H24BN3O3/c1-12(2)15-7-3-5-13-9-18(21(26)27-19(13)15)24-20(25)16-8-4-6-14(10-22)17(16)11-23/h3-8,18,26H,1,9-11,22-23H2,2H3,(H,24,25)/t18-/m0/s1. The molecule has 1 amide bonds. The van der Waals surface area contributed by atoms with Crippen molar-refractivity contribution in [1.82, 2.24) is 5.32 Å². The Hall–Kier alpha value is -2.61. The number of hydrogen-bond donors (Lipinski definition) is 4. The molecule has 1 heterocycles. The van der Waals surface area contributed by atoms with Crippen molar-refractivity contribution >= 4 is 18.6 Å². The van der Waals surface area contributed by atoms with E-state index in [1.54, 1.807) is 12.1 Å². The van der Waals surface area contributed by atoms with E-state index in [9.17, 15) is 9.82 Å². The minimum atomic E-state index is -1.15. The lowest BCUT2D eigenvalue weighted by atomic mass is 9.72. The molecule has 2 aromatic carbocycles. The van der Waals surface area contributed by atoms with Crippen LogP contribution in [0.1, 0.15) is 39.5 Å². The molecule has 0 spiro atoms. The molecule has 6 N–H and O–H groups in total. The zero-order valence-electron chi connectivity index (χ0n) is 15.4. The summed E-state index contributed by atoms with van der Waals surface area (Å²) in [4.78, 5) is 12.8. The van der Waals surface area contributed by atoms with Crippen LogP contribution in [0.15, 0.2) is 43.0 Å². The summed E-state index contributed by atoms with van der Waals surface area (Å²) in [6.07, 6.45) is 0.456. The molecule has 0 radical (unpaired) electrons. The van der Waals surface area contributed by atoms with Crippen molar-refractivity contribution in [1.29, 1.82) is 0 Å². The first kappa shape index (κ1) is 19.2. The van der Waals surface area contributed by atoms with Gasteiger partial charge in [-0.15, -0.1) is 0 Å². The van der Waals surface area contributed by atoms with Gasteiger partial charge >= 0.3 is 7.12 Å². The van der Waals surface area contributed by atoms with Crippen LogP contribution in [0.25, 0.3) is 5.57 Å². The van der Waals surface area contributed by atoms with E-state index in [1.807, 2.05) is 31.2 Å². The first-order valence-corrected chi connectivity index (χ1v) is 8.90. The summed E-state index contributed by atoms with van der Waals surface area (Å²) in [6, 6.07) is 11.1. The van der Waals surface area contributed by atoms with E-state index in [2.05, 4.69) is 11.9 Å². The minimum absolute atomic E-state index is 0.213. The Morgan fingerprint density at radius 2 is 1.96 bits per heavy atom. The topological polar surface area (TPSA) is 111 Å². The van der Waals surface area contributed by atoms with Gasteiger partial charge in [-0.05, 0) is 41.7 Å². The van der Waals surface area contributed by atoms with Crippen LogP contribution in [-0.4, -0.2) is 24.0 Å². The molecule has 0 fully saturated rings. The third kappa shape index (κ3) is 3.76. The summed E-state index contributed by atoms with van der Waals surface area (Å²) in [5.74, 6) is -0.258. The molecule has 2 aromatic rings. The predicted octanol–water partition coefficient (Wildman–Crippen LogP) is 1.39. The molecule has 1 atom stereocenters. The van der Waals surface area contributed by atoms with Gasteiger partial charge in [-0.1, -0.05) is 36.9 Å². The molecule has 0 aliphatic carbocycles. The van der Waals surface area contributed by atoms with Crippen molar-refractivity contribution < 1.29 is 14.5 Å². The van der Waals surface area contributed by atoms with E-state index in [0.29, 0.717) is 29.8 Å². The highest BCUT2D eigenvalue weighted by molar-refractivity contribution is 6.47. The number of fused-ring (bicyclic) bond motifs is 1. The summed E-state index contributed by atoms with van der Waals surface area (Å²) in [6.45, 7) is 6.35. The number of hydrogen-bond acceptors (Lipinski definition) is 5. The van der Waals surface area contributed by atoms with Crippen LogP contribution in [0.4, 0.5) is 0 Å². The van der Waals surface area contributed by atoms with Gasteiger partial charge in [-0.2, -0.15) is 0 Å². The van der Waals surface area contributed by atoms with E-state index in [4.69, 9.17) is 16.1 Å². The van der Waals surface area contributed by atoms with Gasteiger partial charge in [0.15, 0.2) is 0 Å². The van der Waals surface area contributed by atoms with E-state index in [-0.39, 0.29) is 12.5 Å². The molecule has 0 saturated heterocycles. The smallest absolute Gasteiger partial charge is 0.534 e. The molecule has 3 rings (SSSR count). The quantitative estimate of drug-likeness (QED) is 0.599. The molecule has 0 unspecified atom stereocenters. The Labute approximate surface area is 159 Å². The molecule has 27 heavy (non-hydrogen) atoms. The summed E-state index contributed by atoms with van der Waals surface area (Å²) in [7, 11) is -1.15. The lowest BCUT2D eigenvalue weighted by molar-refractivity contribution is 0.0940. The first-order valence-electron chi connectivity index (χ1n) is 8.90. The summed E-state index contributed by atoms with van der Waals surface area (Å²) in [5, 5.41) is 13.3. The molecule has 140 valence electrons. The molecule has 7 heteroatoms. The third-order valence-electron chi connectivity index (χ3n) is 4.84. The van der Waals surface area contributed by atoms with Gasteiger partial charge in [0.2, 0.25) is 0 Å². The summed E-state index contributed by atoms with van der Waals surface area (Å²) < 4.78 is 5.71. The predicted molar refractivity (Wildman–Crippen MR) is 107 cm³/mol. The molecule has 0 saturated carbocycles. The molecule has 0 bridgehead atoms. The average molecular weight is 365 g/mol. The fraction of sp³-hybridized carbons (Fsp3) is 0.250. The highest BCUT2D eigenvalue weighted by atomic mass is 16.5. The Kier molecular flexibility index (Phi) is 5.65. The van der Waals surface area contributed by atoms with Gasteiger partial charge in [-0.25, -0.2) is 0 Å². The SMILES string of the molecule is C=C(C)c1cccc2c1OB(O)[C@@H](NC(=O)c1cccc(CN)c1CN)C2. The van der Waals surface area contributed by atoms with Gasteiger partial charge in [-0.3, -0.25) is 4.79 Å². The van der Waals surface area contributed by atoms with E-state index in [0.717, 1.165) is 22.3 Å². The zero-order valence-corrected chi connectivity index (χ0v) is 15.4. The summed E-state index contributed by atoms with van der Waals surface area (Å²) in [5.41, 5.74) is 16.2. The van der Waals surface area contributed by atoms with Crippen LogP contribution < -0.4 is 21.4 Å².